The van der Waals surface area contributed by atoms with Gasteiger partial charge in [0.25, 0.3) is 0 Å². The Morgan fingerprint density at radius 1 is 1.25 bits per heavy atom. The van der Waals surface area contributed by atoms with Gasteiger partial charge >= 0.3 is 0 Å². The lowest BCUT2D eigenvalue weighted by molar-refractivity contribution is -0.141. The zero-order chi connectivity index (χ0) is 14.5. The number of rotatable bonds is 5. The number of carbonyl (C=O) groups is 2. The summed E-state index contributed by atoms with van der Waals surface area (Å²) in [5.41, 5.74) is 0. The number of imide groups is 1. The van der Waals surface area contributed by atoms with Crippen LogP contribution in [0.1, 0.15) is 51.9 Å². The molecule has 2 aliphatic rings. The molecule has 2 unspecified atom stereocenters. The lowest BCUT2D eigenvalue weighted by atomic mass is 10.1. The zero-order valence-corrected chi connectivity index (χ0v) is 12.6. The number of methoxy groups -OCH3 is 1. The SMILES string of the molecule is COCC(C)NC1CC(=O)N(C2CCCCCC2)C1=O. The van der Waals surface area contributed by atoms with Gasteiger partial charge in [0.2, 0.25) is 11.8 Å². The molecule has 0 bridgehead atoms. The predicted octanol–water partition coefficient (Wildman–Crippen LogP) is 1.46. The second-order valence-electron chi connectivity index (χ2n) is 6.03. The van der Waals surface area contributed by atoms with Crippen LogP contribution < -0.4 is 5.32 Å². The molecule has 2 amide bonds. The quantitative estimate of drug-likeness (QED) is 0.612. The molecule has 2 atom stereocenters. The number of nitrogens with one attached hydrogen (secondary N) is 1. The minimum Gasteiger partial charge on any atom is -0.383 e. The Morgan fingerprint density at radius 3 is 2.50 bits per heavy atom. The van der Waals surface area contributed by atoms with E-state index >= 15 is 0 Å². The summed E-state index contributed by atoms with van der Waals surface area (Å²) in [5, 5.41) is 3.21. The molecule has 5 nitrogen and oxygen atoms in total. The highest BCUT2D eigenvalue weighted by molar-refractivity contribution is 6.05. The Bertz CT molecular complexity index is 351. The van der Waals surface area contributed by atoms with Crippen molar-refractivity contribution >= 4 is 11.8 Å². The van der Waals surface area contributed by atoms with Crippen molar-refractivity contribution in [1.29, 1.82) is 0 Å². The topological polar surface area (TPSA) is 58.6 Å². The van der Waals surface area contributed by atoms with Gasteiger partial charge in [-0.25, -0.2) is 0 Å². The lowest BCUT2D eigenvalue weighted by Crippen LogP contribution is -2.46. The van der Waals surface area contributed by atoms with Crippen molar-refractivity contribution in [2.75, 3.05) is 13.7 Å². The fraction of sp³-hybridized carbons (Fsp3) is 0.867. The summed E-state index contributed by atoms with van der Waals surface area (Å²) >= 11 is 0. The highest BCUT2D eigenvalue weighted by Crippen LogP contribution is 2.26. The van der Waals surface area contributed by atoms with Crippen molar-refractivity contribution in [1.82, 2.24) is 10.2 Å². The van der Waals surface area contributed by atoms with Gasteiger partial charge in [-0.3, -0.25) is 14.5 Å². The number of hydrogen-bond acceptors (Lipinski definition) is 4. The summed E-state index contributed by atoms with van der Waals surface area (Å²) in [6.45, 7) is 2.51. The fourth-order valence-electron chi connectivity index (χ4n) is 3.32. The van der Waals surface area contributed by atoms with Crippen molar-refractivity contribution in [2.24, 2.45) is 0 Å². The molecule has 0 aromatic carbocycles. The standard InChI is InChI=1S/C15H26N2O3/c1-11(10-20-2)16-13-9-14(18)17(15(13)19)12-7-5-3-4-6-8-12/h11-13,16H,3-10H2,1-2H3. The van der Waals surface area contributed by atoms with Crippen molar-refractivity contribution in [2.45, 2.75) is 70.0 Å². The van der Waals surface area contributed by atoms with Crippen LogP contribution in [0.3, 0.4) is 0 Å². The molecule has 20 heavy (non-hydrogen) atoms. The molecule has 0 aromatic rings. The second kappa shape index (κ2) is 7.18. The van der Waals surface area contributed by atoms with E-state index in [1.807, 2.05) is 6.92 Å². The molecule has 1 heterocycles. The third-order valence-electron chi connectivity index (χ3n) is 4.28. The Morgan fingerprint density at radius 2 is 1.90 bits per heavy atom. The highest BCUT2D eigenvalue weighted by Gasteiger charge is 2.42. The minimum absolute atomic E-state index is 0.0102. The van der Waals surface area contributed by atoms with Crippen LogP contribution in [0, 0.1) is 0 Å². The molecule has 1 aliphatic carbocycles. The maximum absolute atomic E-state index is 12.5. The molecule has 2 rings (SSSR count). The van der Waals surface area contributed by atoms with Gasteiger partial charge in [-0.05, 0) is 19.8 Å². The third kappa shape index (κ3) is 3.58. The first-order valence-corrected chi connectivity index (χ1v) is 7.74. The second-order valence-corrected chi connectivity index (χ2v) is 6.03. The smallest absolute Gasteiger partial charge is 0.247 e. The van der Waals surface area contributed by atoms with E-state index in [4.69, 9.17) is 4.74 Å². The van der Waals surface area contributed by atoms with Crippen LogP contribution in [0.5, 0.6) is 0 Å². The highest BCUT2D eigenvalue weighted by atomic mass is 16.5. The Hall–Kier alpha value is -0.940. The van der Waals surface area contributed by atoms with Gasteiger partial charge in [-0.1, -0.05) is 25.7 Å². The minimum atomic E-state index is -0.365. The van der Waals surface area contributed by atoms with Crippen LogP contribution in [0.15, 0.2) is 0 Å². The lowest BCUT2D eigenvalue weighted by Gasteiger charge is -2.26. The van der Waals surface area contributed by atoms with E-state index in [0.29, 0.717) is 13.0 Å². The van der Waals surface area contributed by atoms with Crippen LogP contribution in [0.2, 0.25) is 0 Å². The summed E-state index contributed by atoms with van der Waals surface area (Å²) in [5.74, 6) is -0.0473. The van der Waals surface area contributed by atoms with Crippen LogP contribution in [-0.2, 0) is 14.3 Å². The summed E-state index contributed by atoms with van der Waals surface area (Å²) in [7, 11) is 1.64. The first-order valence-electron chi connectivity index (χ1n) is 7.74. The van der Waals surface area contributed by atoms with Crippen molar-refractivity contribution in [3.63, 3.8) is 0 Å². The molecular formula is C15H26N2O3. The molecule has 0 aromatic heterocycles. The van der Waals surface area contributed by atoms with E-state index < -0.39 is 0 Å². The van der Waals surface area contributed by atoms with Crippen LogP contribution in [-0.4, -0.2) is 48.6 Å². The number of hydrogen-bond donors (Lipinski definition) is 1. The van der Waals surface area contributed by atoms with Crippen molar-refractivity contribution in [3.8, 4) is 0 Å². The number of ether oxygens (including phenoxy) is 1. The summed E-state index contributed by atoms with van der Waals surface area (Å²) < 4.78 is 5.06. The van der Waals surface area contributed by atoms with E-state index in [1.165, 1.54) is 12.8 Å². The molecular weight excluding hydrogens is 256 g/mol. The largest absolute Gasteiger partial charge is 0.383 e. The van der Waals surface area contributed by atoms with Crippen molar-refractivity contribution in [3.05, 3.63) is 0 Å². The molecule has 114 valence electrons. The molecule has 1 saturated carbocycles. The van der Waals surface area contributed by atoms with E-state index in [9.17, 15) is 9.59 Å². The first-order chi connectivity index (χ1) is 9.63. The number of likely N-dealkylation sites (tertiary alicyclic amines) is 1. The first kappa shape index (κ1) is 15.4. The van der Waals surface area contributed by atoms with Gasteiger partial charge in [0.15, 0.2) is 0 Å². The molecule has 5 heteroatoms. The van der Waals surface area contributed by atoms with Gasteiger partial charge in [-0.15, -0.1) is 0 Å². The Kier molecular flexibility index (Phi) is 5.54. The average Bonchev–Trinajstić information content (AvgIpc) is 2.61. The summed E-state index contributed by atoms with van der Waals surface area (Å²) in [6.07, 6.45) is 6.93. The van der Waals surface area contributed by atoms with Crippen LogP contribution in [0.25, 0.3) is 0 Å². The maximum Gasteiger partial charge on any atom is 0.247 e. The summed E-state index contributed by atoms with van der Waals surface area (Å²) in [4.78, 5) is 26.2. The molecule has 1 N–H and O–H groups in total. The Labute approximate surface area is 121 Å². The van der Waals surface area contributed by atoms with Crippen LogP contribution >= 0.6 is 0 Å². The molecule has 1 aliphatic heterocycles. The Balaban J connectivity index is 1.97. The van der Waals surface area contributed by atoms with Gasteiger partial charge in [0.05, 0.1) is 19.1 Å². The predicted molar refractivity (Wildman–Crippen MR) is 76.2 cm³/mol. The van der Waals surface area contributed by atoms with Gasteiger partial charge < -0.3 is 10.1 Å². The van der Waals surface area contributed by atoms with Gasteiger partial charge in [0.1, 0.15) is 0 Å². The number of carbonyl (C=O) groups excluding carboxylic acids is 2. The molecule has 0 spiro atoms. The molecule has 2 fully saturated rings. The van der Waals surface area contributed by atoms with E-state index in [2.05, 4.69) is 5.32 Å². The normalized spacial score (nSPS) is 26.9. The zero-order valence-electron chi connectivity index (χ0n) is 12.6. The third-order valence-corrected chi connectivity index (χ3v) is 4.28. The maximum atomic E-state index is 12.5. The molecule has 0 radical (unpaired) electrons. The van der Waals surface area contributed by atoms with Gasteiger partial charge in [-0.2, -0.15) is 0 Å². The fourth-order valence-corrected chi connectivity index (χ4v) is 3.32. The van der Waals surface area contributed by atoms with E-state index in [1.54, 1.807) is 12.0 Å². The van der Waals surface area contributed by atoms with Crippen molar-refractivity contribution < 1.29 is 14.3 Å². The van der Waals surface area contributed by atoms with Gasteiger partial charge in [0, 0.05) is 19.2 Å². The number of nitrogens with zero attached hydrogens (tertiary/aromatic N) is 1. The number of amides is 2. The van der Waals surface area contributed by atoms with E-state index in [-0.39, 0.29) is 29.9 Å². The monoisotopic (exact) mass is 282 g/mol. The average molecular weight is 282 g/mol. The summed E-state index contributed by atoms with van der Waals surface area (Å²) in [6, 6.07) is -0.159. The molecule has 1 saturated heterocycles. The van der Waals surface area contributed by atoms with Crippen LogP contribution in [0.4, 0.5) is 0 Å². The van der Waals surface area contributed by atoms with E-state index in [0.717, 1.165) is 25.7 Å².